The number of likely N-dealkylation sites (tertiary alicyclic amines) is 1. The number of hydrogen-bond acceptors (Lipinski definition) is 4. The molecule has 0 N–H and O–H groups in total. The van der Waals surface area contributed by atoms with E-state index in [1.54, 1.807) is 0 Å². The molecule has 0 amide bonds. The highest BCUT2D eigenvalue weighted by Gasteiger charge is 2.29. The fourth-order valence-electron chi connectivity index (χ4n) is 1.86. The minimum atomic E-state index is -0.0978. The minimum absolute atomic E-state index is 0.0561. The summed E-state index contributed by atoms with van der Waals surface area (Å²) in [7, 11) is 0. The van der Waals surface area contributed by atoms with Gasteiger partial charge in [-0.2, -0.15) is 0 Å². The summed E-state index contributed by atoms with van der Waals surface area (Å²) in [6, 6.07) is 0. The first-order valence-electron chi connectivity index (χ1n) is 5.39. The van der Waals surface area contributed by atoms with Gasteiger partial charge in [0.25, 0.3) is 0 Å². The van der Waals surface area contributed by atoms with Crippen molar-refractivity contribution in [2.75, 3.05) is 19.7 Å². The molecule has 0 aromatic heterocycles. The first-order valence-corrected chi connectivity index (χ1v) is 6.68. The van der Waals surface area contributed by atoms with Crippen LogP contribution in [0.25, 0.3) is 0 Å². The lowest BCUT2D eigenvalue weighted by molar-refractivity contribution is -0.137. The van der Waals surface area contributed by atoms with E-state index in [9.17, 15) is 4.79 Å². The van der Waals surface area contributed by atoms with Gasteiger partial charge in [0, 0.05) is 19.5 Å². The molecule has 0 bridgehead atoms. The first-order chi connectivity index (χ1) is 7.27. The van der Waals surface area contributed by atoms with E-state index >= 15 is 0 Å². The molecule has 5 heteroatoms. The van der Waals surface area contributed by atoms with Crippen molar-refractivity contribution in [1.29, 1.82) is 0 Å². The fraction of sp³-hybridized carbons (Fsp3) is 0.800. The summed E-state index contributed by atoms with van der Waals surface area (Å²) in [6.07, 6.45) is 4.54. The van der Waals surface area contributed by atoms with E-state index < -0.39 is 0 Å². The molecule has 0 spiro atoms. The van der Waals surface area contributed by atoms with Crippen LogP contribution in [0.2, 0.25) is 0 Å². The van der Waals surface area contributed by atoms with Gasteiger partial charge in [-0.1, -0.05) is 24.0 Å². The van der Waals surface area contributed by atoms with Gasteiger partial charge >= 0.3 is 5.97 Å². The molecule has 2 aliphatic rings. The van der Waals surface area contributed by atoms with Gasteiger partial charge < -0.3 is 9.64 Å². The van der Waals surface area contributed by atoms with Crippen LogP contribution in [-0.2, 0) is 9.53 Å². The fourth-order valence-corrected chi connectivity index (χ4v) is 3.34. The third kappa shape index (κ3) is 2.84. The Hall–Kier alpha value is -0.290. The van der Waals surface area contributed by atoms with Gasteiger partial charge in [0.1, 0.15) is 9.57 Å². The Balaban J connectivity index is 1.82. The molecule has 2 heterocycles. The molecule has 1 atom stereocenters. The SMILES string of the molecule is O=C1OCC[C@H]1SC(=S)N1CCCCC1. The highest BCUT2D eigenvalue weighted by molar-refractivity contribution is 8.23. The van der Waals surface area contributed by atoms with Gasteiger partial charge in [-0.05, 0) is 19.3 Å². The predicted molar refractivity (Wildman–Crippen MR) is 65.0 cm³/mol. The number of carbonyl (C=O) groups is 1. The Labute approximate surface area is 99.5 Å². The molecule has 0 saturated carbocycles. The number of nitrogens with zero attached hydrogens (tertiary/aromatic N) is 1. The van der Waals surface area contributed by atoms with Crippen molar-refractivity contribution in [2.45, 2.75) is 30.9 Å². The van der Waals surface area contributed by atoms with Crippen LogP contribution in [0.1, 0.15) is 25.7 Å². The zero-order valence-electron chi connectivity index (χ0n) is 8.61. The number of rotatable bonds is 1. The summed E-state index contributed by atoms with van der Waals surface area (Å²) in [5.74, 6) is -0.0978. The van der Waals surface area contributed by atoms with E-state index in [-0.39, 0.29) is 11.2 Å². The molecule has 0 aromatic rings. The van der Waals surface area contributed by atoms with Crippen LogP contribution in [0.3, 0.4) is 0 Å². The average molecular weight is 245 g/mol. The summed E-state index contributed by atoms with van der Waals surface area (Å²) in [5.41, 5.74) is 0. The van der Waals surface area contributed by atoms with Crippen LogP contribution in [-0.4, -0.2) is 40.1 Å². The highest BCUT2D eigenvalue weighted by atomic mass is 32.2. The van der Waals surface area contributed by atoms with Crippen molar-refractivity contribution in [3.63, 3.8) is 0 Å². The third-order valence-electron chi connectivity index (χ3n) is 2.74. The van der Waals surface area contributed by atoms with Crippen molar-refractivity contribution in [3.8, 4) is 0 Å². The largest absolute Gasteiger partial charge is 0.465 e. The number of piperidine rings is 1. The zero-order valence-corrected chi connectivity index (χ0v) is 10.2. The summed E-state index contributed by atoms with van der Waals surface area (Å²) >= 11 is 6.85. The lowest BCUT2D eigenvalue weighted by Gasteiger charge is -2.29. The maximum atomic E-state index is 11.3. The number of esters is 1. The van der Waals surface area contributed by atoms with Crippen molar-refractivity contribution in [2.24, 2.45) is 0 Å². The lowest BCUT2D eigenvalue weighted by Crippen LogP contribution is -2.34. The van der Waals surface area contributed by atoms with Crippen molar-refractivity contribution in [3.05, 3.63) is 0 Å². The molecule has 3 nitrogen and oxygen atoms in total. The van der Waals surface area contributed by atoms with Gasteiger partial charge in [0.15, 0.2) is 0 Å². The number of hydrogen-bond donors (Lipinski definition) is 0. The smallest absolute Gasteiger partial charge is 0.319 e. The zero-order chi connectivity index (χ0) is 10.7. The van der Waals surface area contributed by atoms with Crippen LogP contribution >= 0.6 is 24.0 Å². The van der Waals surface area contributed by atoms with Crippen LogP contribution in [0.4, 0.5) is 0 Å². The molecule has 0 unspecified atom stereocenters. The van der Waals surface area contributed by atoms with Crippen LogP contribution in [0.15, 0.2) is 0 Å². The lowest BCUT2D eigenvalue weighted by atomic mass is 10.1. The second-order valence-electron chi connectivity index (χ2n) is 3.88. The Morgan fingerprint density at radius 3 is 2.73 bits per heavy atom. The quantitative estimate of drug-likeness (QED) is 0.519. The Morgan fingerprint density at radius 2 is 2.13 bits per heavy atom. The van der Waals surface area contributed by atoms with Gasteiger partial charge in [-0.15, -0.1) is 0 Å². The number of carbonyl (C=O) groups excluding carboxylic acids is 1. The van der Waals surface area contributed by atoms with E-state index in [1.807, 2.05) is 0 Å². The number of cyclic esters (lactones) is 1. The maximum absolute atomic E-state index is 11.3. The molecule has 15 heavy (non-hydrogen) atoms. The molecule has 2 aliphatic heterocycles. The Kier molecular flexibility index (Phi) is 3.86. The first kappa shape index (κ1) is 11.2. The van der Waals surface area contributed by atoms with E-state index in [4.69, 9.17) is 17.0 Å². The van der Waals surface area contributed by atoms with Crippen molar-refractivity contribution in [1.82, 2.24) is 4.90 Å². The third-order valence-corrected chi connectivity index (χ3v) is 4.46. The van der Waals surface area contributed by atoms with Gasteiger partial charge in [-0.3, -0.25) is 4.79 Å². The molecular weight excluding hydrogens is 230 g/mol. The van der Waals surface area contributed by atoms with E-state index in [1.165, 1.54) is 31.0 Å². The predicted octanol–water partition coefficient (Wildman–Crippen LogP) is 1.81. The molecule has 0 aromatic carbocycles. The summed E-state index contributed by atoms with van der Waals surface area (Å²) in [5, 5.41) is -0.0561. The van der Waals surface area contributed by atoms with Crippen molar-refractivity contribution < 1.29 is 9.53 Å². The van der Waals surface area contributed by atoms with Gasteiger partial charge in [-0.25, -0.2) is 0 Å². The minimum Gasteiger partial charge on any atom is -0.465 e. The second-order valence-corrected chi connectivity index (χ2v) is 5.71. The molecule has 2 saturated heterocycles. The molecule has 0 radical (unpaired) electrons. The van der Waals surface area contributed by atoms with E-state index in [0.29, 0.717) is 6.61 Å². The van der Waals surface area contributed by atoms with Gasteiger partial charge in [0.2, 0.25) is 0 Å². The summed E-state index contributed by atoms with van der Waals surface area (Å²) in [4.78, 5) is 13.5. The number of ether oxygens (including phenoxy) is 1. The van der Waals surface area contributed by atoms with Crippen LogP contribution in [0.5, 0.6) is 0 Å². The topological polar surface area (TPSA) is 29.5 Å². The molecule has 2 rings (SSSR count). The normalized spacial score (nSPS) is 26.5. The summed E-state index contributed by atoms with van der Waals surface area (Å²) in [6.45, 7) is 2.65. The van der Waals surface area contributed by atoms with Crippen molar-refractivity contribution >= 4 is 34.3 Å². The maximum Gasteiger partial charge on any atom is 0.319 e. The molecule has 0 aliphatic carbocycles. The van der Waals surface area contributed by atoms with E-state index in [0.717, 1.165) is 23.8 Å². The highest BCUT2D eigenvalue weighted by Crippen LogP contribution is 2.26. The van der Waals surface area contributed by atoms with Gasteiger partial charge in [0.05, 0.1) is 6.61 Å². The summed E-state index contributed by atoms with van der Waals surface area (Å²) < 4.78 is 5.79. The number of thiocarbonyl (C=S) groups is 1. The molecule has 84 valence electrons. The Bertz CT molecular complexity index is 264. The monoisotopic (exact) mass is 245 g/mol. The standard InChI is InChI=1S/C10H15NO2S2/c12-9-8(4-7-13-9)15-10(14)11-5-2-1-3-6-11/h8H,1-7H2/t8-/m1/s1. The van der Waals surface area contributed by atoms with Crippen LogP contribution in [0, 0.1) is 0 Å². The molecule has 2 fully saturated rings. The molecular formula is C10H15NO2S2. The van der Waals surface area contributed by atoms with E-state index in [2.05, 4.69) is 4.90 Å². The average Bonchev–Trinajstić information content (AvgIpc) is 2.66. The van der Waals surface area contributed by atoms with Crippen LogP contribution < -0.4 is 0 Å². The second kappa shape index (κ2) is 5.16. The Morgan fingerprint density at radius 1 is 1.40 bits per heavy atom. The number of thioether (sulfide) groups is 1.